The van der Waals surface area contributed by atoms with Crippen molar-refractivity contribution in [3.05, 3.63) is 53.3 Å². The molecule has 1 N–H and O–H groups in total. The van der Waals surface area contributed by atoms with E-state index in [1.54, 1.807) is 35.3 Å². The molecule has 5 nitrogen and oxygen atoms in total. The van der Waals surface area contributed by atoms with Gasteiger partial charge in [0.05, 0.1) is 0 Å². The number of hydrogen-bond acceptors (Lipinski definition) is 2. The van der Waals surface area contributed by atoms with Crippen molar-refractivity contribution in [1.29, 1.82) is 0 Å². The van der Waals surface area contributed by atoms with Gasteiger partial charge in [0.25, 0.3) is 5.56 Å². The van der Waals surface area contributed by atoms with E-state index in [9.17, 15) is 4.79 Å². The van der Waals surface area contributed by atoms with Gasteiger partial charge >= 0.3 is 0 Å². The summed E-state index contributed by atoms with van der Waals surface area (Å²) in [7, 11) is 0. The normalized spacial score (nSPS) is 10.9. The molecule has 3 rings (SSSR count). The van der Waals surface area contributed by atoms with Gasteiger partial charge in [0, 0.05) is 30.9 Å². The molecule has 0 aliphatic heterocycles. The zero-order chi connectivity index (χ0) is 10.3. The highest BCUT2D eigenvalue weighted by atomic mass is 16.1. The molecule has 5 heteroatoms. The largest absolute Gasteiger partial charge is 0.330 e. The SMILES string of the molecule is O=c1cccc2n(-c3ncc[nH]3)ccn12. The molecule has 0 bridgehead atoms. The molecule has 0 saturated heterocycles. The quantitative estimate of drug-likeness (QED) is 0.632. The number of nitrogens with one attached hydrogen (secondary N) is 1. The van der Waals surface area contributed by atoms with Crippen LogP contribution in [0.2, 0.25) is 0 Å². The molecule has 3 aromatic heterocycles. The van der Waals surface area contributed by atoms with E-state index in [1.165, 1.54) is 6.07 Å². The van der Waals surface area contributed by atoms with Crippen LogP contribution < -0.4 is 5.56 Å². The number of fused-ring (bicyclic) bond motifs is 1. The number of pyridine rings is 1. The van der Waals surface area contributed by atoms with Crippen LogP contribution in [0.15, 0.2) is 47.8 Å². The summed E-state index contributed by atoms with van der Waals surface area (Å²) < 4.78 is 3.39. The first-order valence-corrected chi connectivity index (χ1v) is 4.55. The van der Waals surface area contributed by atoms with Crippen molar-refractivity contribution in [2.45, 2.75) is 0 Å². The van der Waals surface area contributed by atoms with E-state index in [-0.39, 0.29) is 5.56 Å². The lowest BCUT2D eigenvalue weighted by molar-refractivity contribution is 0.985. The number of H-pyrrole nitrogens is 1. The lowest BCUT2D eigenvalue weighted by Gasteiger charge is -1.99. The third kappa shape index (κ3) is 1.10. The van der Waals surface area contributed by atoms with E-state index in [0.29, 0.717) is 5.95 Å². The molecule has 0 aromatic carbocycles. The van der Waals surface area contributed by atoms with Crippen molar-refractivity contribution in [3.8, 4) is 5.95 Å². The van der Waals surface area contributed by atoms with Gasteiger partial charge < -0.3 is 4.98 Å². The Morgan fingerprint density at radius 3 is 3.00 bits per heavy atom. The van der Waals surface area contributed by atoms with Crippen molar-refractivity contribution in [2.75, 3.05) is 0 Å². The number of hydrogen-bond donors (Lipinski definition) is 1. The van der Waals surface area contributed by atoms with Crippen molar-refractivity contribution in [1.82, 2.24) is 18.9 Å². The van der Waals surface area contributed by atoms with Crippen molar-refractivity contribution in [2.24, 2.45) is 0 Å². The average molecular weight is 200 g/mol. The van der Waals surface area contributed by atoms with Crippen molar-refractivity contribution < 1.29 is 0 Å². The molecule has 74 valence electrons. The number of rotatable bonds is 1. The smallest absolute Gasteiger partial charge is 0.256 e. The maximum Gasteiger partial charge on any atom is 0.256 e. The summed E-state index contributed by atoms with van der Waals surface area (Å²) in [5, 5.41) is 0. The summed E-state index contributed by atoms with van der Waals surface area (Å²) >= 11 is 0. The lowest BCUT2D eigenvalue weighted by Crippen LogP contribution is -2.10. The second-order valence-electron chi connectivity index (χ2n) is 3.17. The Labute approximate surface area is 84.6 Å². The summed E-state index contributed by atoms with van der Waals surface area (Å²) in [5.74, 6) is 0.697. The number of imidazole rings is 2. The average Bonchev–Trinajstić information content (AvgIpc) is 2.85. The van der Waals surface area contributed by atoms with Crippen LogP contribution in [0.1, 0.15) is 0 Å². The molecule has 0 saturated carbocycles. The van der Waals surface area contributed by atoms with Crippen molar-refractivity contribution in [3.63, 3.8) is 0 Å². The Kier molecular flexibility index (Phi) is 1.53. The van der Waals surface area contributed by atoms with E-state index >= 15 is 0 Å². The minimum Gasteiger partial charge on any atom is -0.330 e. The van der Waals surface area contributed by atoms with Gasteiger partial charge in [-0.3, -0.25) is 13.8 Å². The molecule has 0 aliphatic rings. The highest BCUT2D eigenvalue weighted by molar-refractivity contribution is 5.44. The first-order chi connectivity index (χ1) is 7.36. The summed E-state index contributed by atoms with van der Waals surface area (Å²) in [6.07, 6.45) is 6.94. The minimum absolute atomic E-state index is 0.0437. The van der Waals surface area contributed by atoms with Gasteiger partial charge in [0.15, 0.2) is 0 Å². The predicted molar refractivity (Wildman–Crippen MR) is 55.1 cm³/mol. The van der Waals surface area contributed by atoms with Crippen LogP contribution in [0, 0.1) is 0 Å². The summed E-state index contributed by atoms with van der Waals surface area (Å²) in [6.45, 7) is 0. The van der Waals surface area contributed by atoms with Crippen LogP contribution in [0.3, 0.4) is 0 Å². The van der Waals surface area contributed by atoms with Crippen LogP contribution in [0.4, 0.5) is 0 Å². The third-order valence-corrected chi connectivity index (χ3v) is 2.29. The van der Waals surface area contributed by atoms with Crippen molar-refractivity contribution >= 4 is 5.65 Å². The minimum atomic E-state index is -0.0437. The Morgan fingerprint density at radius 2 is 2.20 bits per heavy atom. The summed E-state index contributed by atoms with van der Waals surface area (Å²) in [5.41, 5.74) is 0.746. The highest BCUT2D eigenvalue weighted by Gasteiger charge is 2.04. The first-order valence-electron chi connectivity index (χ1n) is 4.55. The van der Waals surface area contributed by atoms with Gasteiger partial charge in [-0.25, -0.2) is 4.98 Å². The van der Waals surface area contributed by atoms with E-state index in [0.717, 1.165) is 5.65 Å². The molecule has 3 aromatic rings. The molecule has 0 amide bonds. The molecule has 0 unspecified atom stereocenters. The van der Waals surface area contributed by atoms with Gasteiger partial charge in [-0.2, -0.15) is 0 Å². The van der Waals surface area contributed by atoms with Gasteiger partial charge in [0.1, 0.15) is 5.65 Å². The molecule has 3 heterocycles. The van der Waals surface area contributed by atoms with Gasteiger partial charge in [-0.05, 0) is 6.07 Å². The zero-order valence-corrected chi connectivity index (χ0v) is 7.79. The van der Waals surface area contributed by atoms with Crippen LogP contribution in [0.5, 0.6) is 0 Å². The van der Waals surface area contributed by atoms with E-state index in [1.807, 2.05) is 10.6 Å². The van der Waals surface area contributed by atoms with E-state index in [4.69, 9.17) is 0 Å². The highest BCUT2D eigenvalue weighted by Crippen LogP contribution is 2.07. The predicted octanol–water partition coefficient (Wildman–Crippen LogP) is 0.813. The molecular formula is C10H8N4O. The maximum atomic E-state index is 11.5. The Morgan fingerprint density at radius 1 is 1.27 bits per heavy atom. The van der Waals surface area contributed by atoms with Crippen LogP contribution in [0.25, 0.3) is 11.6 Å². The van der Waals surface area contributed by atoms with E-state index < -0.39 is 0 Å². The molecule has 0 atom stereocenters. The fraction of sp³-hybridized carbons (Fsp3) is 0. The second-order valence-corrected chi connectivity index (χ2v) is 3.17. The first kappa shape index (κ1) is 8.05. The second kappa shape index (κ2) is 2.84. The van der Waals surface area contributed by atoms with Gasteiger partial charge in [-0.1, -0.05) is 6.07 Å². The number of nitrogens with zero attached hydrogens (tertiary/aromatic N) is 3. The lowest BCUT2D eigenvalue weighted by atomic mass is 10.5. The fourth-order valence-corrected chi connectivity index (χ4v) is 1.61. The monoisotopic (exact) mass is 200 g/mol. The van der Waals surface area contributed by atoms with Crippen LogP contribution >= 0.6 is 0 Å². The molecule has 0 radical (unpaired) electrons. The third-order valence-electron chi connectivity index (χ3n) is 2.29. The number of aromatic nitrogens is 4. The molecule has 15 heavy (non-hydrogen) atoms. The van der Waals surface area contributed by atoms with Crippen LogP contribution in [-0.4, -0.2) is 18.9 Å². The van der Waals surface area contributed by atoms with Gasteiger partial charge in [0.2, 0.25) is 5.95 Å². The molecule has 0 spiro atoms. The Hall–Kier alpha value is -2.30. The zero-order valence-electron chi connectivity index (χ0n) is 7.79. The fourth-order valence-electron chi connectivity index (χ4n) is 1.61. The maximum absolute atomic E-state index is 11.5. The topological polar surface area (TPSA) is 55.1 Å². The van der Waals surface area contributed by atoms with Crippen LogP contribution in [-0.2, 0) is 0 Å². The molecular weight excluding hydrogens is 192 g/mol. The summed E-state index contributed by atoms with van der Waals surface area (Å²) in [4.78, 5) is 18.6. The standard InChI is InChI=1S/C10H8N4O/c15-9-3-1-2-8-13(9)6-7-14(8)10-11-4-5-12-10/h1-7H,(H,11,12). The van der Waals surface area contributed by atoms with Gasteiger partial charge in [-0.15, -0.1) is 0 Å². The number of aromatic amines is 1. The summed E-state index contributed by atoms with van der Waals surface area (Å²) in [6, 6.07) is 5.13. The molecule has 0 aliphatic carbocycles. The molecule has 0 fully saturated rings. The van der Waals surface area contributed by atoms with E-state index in [2.05, 4.69) is 9.97 Å². The Balaban J connectivity index is 2.39. The Bertz CT molecular complexity index is 647.